The molecule has 0 fully saturated rings. The topological polar surface area (TPSA) is 118 Å². The normalized spacial score (nSPS) is 12.3. The summed E-state index contributed by atoms with van der Waals surface area (Å²) in [5.74, 6) is 0. The van der Waals surface area contributed by atoms with E-state index in [-0.39, 0.29) is 5.69 Å². The monoisotopic (exact) mass is 341 g/mol. The maximum Gasteiger partial charge on any atom is 0.270 e. The number of nitrogens with zero attached hydrogens (tertiary/aromatic N) is 1. The van der Waals surface area contributed by atoms with Gasteiger partial charge in [0.2, 0.25) is 0 Å². The van der Waals surface area contributed by atoms with Gasteiger partial charge in [0, 0.05) is 16.6 Å². The second-order valence-corrected chi connectivity index (χ2v) is 5.69. The third-order valence-corrected chi connectivity index (χ3v) is 2.33. The molecule has 1 unspecified atom stereocenters. The number of nitro benzene ring substituents is 1. The second kappa shape index (κ2) is 6.78. The van der Waals surface area contributed by atoms with E-state index in [0.29, 0.717) is 16.3 Å². The maximum atomic E-state index is 10.4. The summed E-state index contributed by atoms with van der Waals surface area (Å²) in [6.07, 6.45) is 0.0858. The van der Waals surface area contributed by atoms with Crippen molar-refractivity contribution < 1.29 is 23.0 Å². The standard InChI is InChI=1S/C8H8BrNO3.CH4O3S/c1-5(11)7-3-2-6(10(12)13)4-8(7)9;1-5(2,3)4/h2-5,11H,1H3;1H3,(H,2,3,4). The third-order valence-electron chi connectivity index (χ3n) is 1.64. The fraction of sp³-hybridized carbons (Fsp3) is 0.333. The lowest BCUT2D eigenvalue weighted by atomic mass is 10.1. The highest BCUT2D eigenvalue weighted by Crippen LogP contribution is 2.27. The lowest BCUT2D eigenvalue weighted by Crippen LogP contribution is -1.94. The van der Waals surface area contributed by atoms with Crippen LogP contribution in [-0.4, -0.2) is 29.3 Å². The van der Waals surface area contributed by atoms with Gasteiger partial charge in [-0.15, -0.1) is 0 Å². The van der Waals surface area contributed by atoms with Gasteiger partial charge in [0.25, 0.3) is 15.8 Å². The van der Waals surface area contributed by atoms with Crippen molar-refractivity contribution in [1.82, 2.24) is 0 Å². The van der Waals surface area contributed by atoms with Crippen LogP contribution < -0.4 is 0 Å². The molecule has 0 heterocycles. The Morgan fingerprint density at radius 3 is 2.17 bits per heavy atom. The van der Waals surface area contributed by atoms with Crippen molar-refractivity contribution in [1.29, 1.82) is 0 Å². The van der Waals surface area contributed by atoms with E-state index in [1.807, 2.05) is 0 Å². The Morgan fingerprint density at radius 2 is 1.89 bits per heavy atom. The molecule has 0 spiro atoms. The number of aliphatic hydroxyl groups is 1. The number of halogens is 1. The van der Waals surface area contributed by atoms with Crippen LogP contribution in [0, 0.1) is 10.1 Å². The van der Waals surface area contributed by atoms with Crippen molar-refractivity contribution in [2.24, 2.45) is 0 Å². The van der Waals surface area contributed by atoms with Crippen molar-refractivity contribution >= 4 is 31.7 Å². The summed E-state index contributed by atoms with van der Waals surface area (Å²) < 4.78 is 26.4. The van der Waals surface area contributed by atoms with Crippen LogP contribution in [0.2, 0.25) is 0 Å². The summed E-state index contributed by atoms with van der Waals surface area (Å²) in [6, 6.07) is 4.28. The fourth-order valence-electron chi connectivity index (χ4n) is 0.968. The van der Waals surface area contributed by atoms with Gasteiger partial charge in [0.05, 0.1) is 17.3 Å². The molecule has 1 rings (SSSR count). The van der Waals surface area contributed by atoms with Gasteiger partial charge in [-0.25, -0.2) is 0 Å². The van der Waals surface area contributed by atoms with E-state index in [1.165, 1.54) is 18.2 Å². The Balaban J connectivity index is 0.000000494. The van der Waals surface area contributed by atoms with Crippen LogP contribution in [0.1, 0.15) is 18.6 Å². The zero-order chi connectivity index (χ0) is 14.5. The van der Waals surface area contributed by atoms with Crippen LogP contribution in [0.3, 0.4) is 0 Å². The number of aliphatic hydroxyl groups excluding tert-OH is 1. The molecule has 2 N–H and O–H groups in total. The highest BCUT2D eigenvalue weighted by Gasteiger charge is 2.11. The van der Waals surface area contributed by atoms with Gasteiger partial charge >= 0.3 is 0 Å². The number of non-ortho nitro benzene ring substituents is 1. The largest absolute Gasteiger partial charge is 0.389 e. The van der Waals surface area contributed by atoms with Crippen molar-refractivity contribution in [2.75, 3.05) is 6.26 Å². The summed E-state index contributed by atoms with van der Waals surface area (Å²) in [5.41, 5.74) is 0.655. The second-order valence-electron chi connectivity index (χ2n) is 3.37. The highest BCUT2D eigenvalue weighted by atomic mass is 79.9. The molecular formula is C9H12BrNO6S. The van der Waals surface area contributed by atoms with Gasteiger partial charge in [-0.2, -0.15) is 8.42 Å². The Labute approximate surface area is 112 Å². The minimum atomic E-state index is -3.67. The smallest absolute Gasteiger partial charge is 0.270 e. The molecule has 1 aromatic rings. The lowest BCUT2D eigenvalue weighted by Gasteiger charge is -2.06. The SMILES string of the molecule is CC(O)c1ccc([N+](=O)[O-])cc1Br.CS(=O)(=O)O. The number of hydrogen-bond donors (Lipinski definition) is 2. The summed E-state index contributed by atoms with van der Waals surface area (Å²) in [4.78, 5) is 9.88. The zero-order valence-corrected chi connectivity index (χ0v) is 12.0. The molecule has 0 radical (unpaired) electrons. The molecule has 18 heavy (non-hydrogen) atoms. The molecule has 0 aliphatic heterocycles. The first-order valence-electron chi connectivity index (χ1n) is 4.56. The Hall–Kier alpha value is -1.03. The first kappa shape index (κ1) is 17.0. The van der Waals surface area contributed by atoms with E-state index >= 15 is 0 Å². The predicted octanol–water partition coefficient (Wildman–Crippen LogP) is 1.91. The van der Waals surface area contributed by atoms with Gasteiger partial charge in [0.15, 0.2) is 0 Å². The average molecular weight is 342 g/mol. The van der Waals surface area contributed by atoms with Crippen LogP contribution in [0.4, 0.5) is 5.69 Å². The fourth-order valence-corrected chi connectivity index (χ4v) is 1.67. The van der Waals surface area contributed by atoms with Crippen LogP contribution in [-0.2, 0) is 10.1 Å². The molecule has 0 amide bonds. The van der Waals surface area contributed by atoms with E-state index < -0.39 is 21.1 Å². The van der Waals surface area contributed by atoms with E-state index in [4.69, 9.17) is 4.55 Å². The highest BCUT2D eigenvalue weighted by molar-refractivity contribution is 9.10. The van der Waals surface area contributed by atoms with E-state index in [2.05, 4.69) is 15.9 Å². The number of hydrogen-bond acceptors (Lipinski definition) is 5. The van der Waals surface area contributed by atoms with Gasteiger partial charge < -0.3 is 5.11 Å². The number of nitro groups is 1. The molecular weight excluding hydrogens is 330 g/mol. The number of rotatable bonds is 2. The molecule has 0 aliphatic rings. The van der Waals surface area contributed by atoms with Gasteiger partial charge in [-0.1, -0.05) is 15.9 Å². The van der Waals surface area contributed by atoms with Crippen molar-refractivity contribution in [3.05, 3.63) is 38.3 Å². The molecule has 0 saturated heterocycles. The third kappa shape index (κ3) is 7.33. The van der Waals surface area contributed by atoms with E-state index in [0.717, 1.165) is 0 Å². The zero-order valence-electron chi connectivity index (χ0n) is 9.57. The van der Waals surface area contributed by atoms with Crippen molar-refractivity contribution in [3.8, 4) is 0 Å². The molecule has 7 nitrogen and oxygen atoms in total. The van der Waals surface area contributed by atoms with Crippen LogP contribution in [0.25, 0.3) is 0 Å². The summed E-state index contributed by atoms with van der Waals surface area (Å²) in [5, 5.41) is 19.6. The van der Waals surface area contributed by atoms with E-state index in [9.17, 15) is 23.6 Å². The quantitative estimate of drug-likeness (QED) is 0.482. The molecule has 0 bridgehead atoms. The lowest BCUT2D eigenvalue weighted by molar-refractivity contribution is -0.385. The summed E-state index contributed by atoms with van der Waals surface area (Å²) in [7, 11) is -3.67. The Morgan fingerprint density at radius 1 is 1.44 bits per heavy atom. The van der Waals surface area contributed by atoms with Crippen molar-refractivity contribution in [2.45, 2.75) is 13.0 Å². The first-order chi connectivity index (χ1) is 8.02. The molecule has 0 aliphatic carbocycles. The van der Waals surface area contributed by atoms with Gasteiger partial charge in [-0.3, -0.25) is 14.7 Å². The minimum Gasteiger partial charge on any atom is -0.389 e. The predicted molar refractivity (Wildman–Crippen MR) is 68.9 cm³/mol. The molecule has 0 aromatic heterocycles. The Bertz CT molecular complexity index is 520. The molecule has 102 valence electrons. The summed E-state index contributed by atoms with van der Waals surface area (Å²) >= 11 is 3.15. The molecule has 1 atom stereocenters. The first-order valence-corrected chi connectivity index (χ1v) is 7.21. The molecule has 9 heteroatoms. The van der Waals surface area contributed by atoms with Crippen LogP contribution >= 0.6 is 15.9 Å². The molecule has 1 aromatic carbocycles. The average Bonchev–Trinajstić information content (AvgIpc) is 2.13. The number of benzene rings is 1. The summed E-state index contributed by atoms with van der Waals surface area (Å²) in [6.45, 7) is 1.60. The van der Waals surface area contributed by atoms with Crippen LogP contribution in [0.15, 0.2) is 22.7 Å². The van der Waals surface area contributed by atoms with E-state index in [1.54, 1.807) is 6.92 Å². The molecule has 0 saturated carbocycles. The maximum absolute atomic E-state index is 10.4. The van der Waals surface area contributed by atoms with Crippen LogP contribution in [0.5, 0.6) is 0 Å². The van der Waals surface area contributed by atoms with Crippen molar-refractivity contribution in [3.63, 3.8) is 0 Å². The Kier molecular flexibility index (Phi) is 6.39. The van der Waals surface area contributed by atoms with Gasteiger partial charge in [0.1, 0.15) is 0 Å². The van der Waals surface area contributed by atoms with Gasteiger partial charge in [-0.05, 0) is 18.6 Å². The minimum absolute atomic E-state index is 0.0104.